The highest BCUT2D eigenvalue weighted by atomic mass is 32.2. The normalized spacial score (nSPS) is 17.4. The van der Waals surface area contributed by atoms with E-state index in [4.69, 9.17) is 4.74 Å². The van der Waals surface area contributed by atoms with Gasteiger partial charge in [-0.25, -0.2) is 13.3 Å². The molecular formula is C32H29N3O6S. The fraction of sp³-hybridized carbons (Fsp3) is 0.219. The second-order valence-corrected chi connectivity index (χ2v) is 12.3. The summed E-state index contributed by atoms with van der Waals surface area (Å²) < 4.78 is 33.9. The van der Waals surface area contributed by atoms with E-state index in [9.17, 15) is 22.8 Å². The molecule has 42 heavy (non-hydrogen) atoms. The number of carbonyl (C=O) groups excluding carboxylic acids is 3. The molecule has 2 aliphatic heterocycles. The van der Waals surface area contributed by atoms with E-state index in [1.807, 2.05) is 19.1 Å². The molecule has 1 N–H and O–H groups in total. The Kier molecular flexibility index (Phi) is 7.04. The molecule has 2 aliphatic rings. The zero-order valence-electron chi connectivity index (χ0n) is 23.2. The van der Waals surface area contributed by atoms with Crippen molar-refractivity contribution in [3.8, 4) is 5.75 Å². The van der Waals surface area contributed by atoms with Crippen molar-refractivity contribution in [2.24, 2.45) is 0 Å². The van der Waals surface area contributed by atoms with Gasteiger partial charge in [-0.15, -0.1) is 0 Å². The number of nitrogens with zero attached hydrogens (tertiary/aromatic N) is 2. The number of benzene rings is 4. The van der Waals surface area contributed by atoms with Crippen molar-refractivity contribution in [3.63, 3.8) is 0 Å². The van der Waals surface area contributed by atoms with Crippen molar-refractivity contribution < 1.29 is 27.5 Å². The number of anilines is 2. The quantitative estimate of drug-likeness (QED) is 0.302. The zero-order chi connectivity index (χ0) is 29.6. The van der Waals surface area contributed by atoms with Crippen LogP contribution in [0.5, 0.6) is 5.75 Å². The Hall–Kier alpha value is -4.54. The van der Waals surface area contributed by atoms with Crippen LogP contribution < -0.4 is 15.0 Å². The molecule has 10 heteroatoms. The maximum atomic E-state index is 13.5. The number of piperidine rings is 1. The molecule has 1 atom stereocenters. The van der Waals surface area contributed by atoms with E-state index in [1.54, 1.807) is 48.5 Å². The number of hydrogen-bond donors (Lipinski definition) is 1. The van der Waals surface area contributed by atoms with Gasteiger partial charge in [0, 0.05) is 40.4 Å². The lowest BCUT2D eigenvalue weighted by Gasteiger charge is -2.32. The second-order valence-electron chi connectivity index (χ2n) is 10.5. The summed E-state index contributed by atoms with van der Waals surface area (Å²) in [5, 5.41) is 4.24. The van der Waals surface area contributed by atoms with Crippen LogP contribution >= 0.6 is 0 Å². The molecule has 0 aliphatic carbocycles. The summed E-state index contributed by atoms with van der Waals surface area (Å²) in [5.74, 6) is -1.19. The van der Waals surface area contributed by atoms with Gasteiger partial charge in [-0.3, -0.25) is 14.4 Å². The molecule has 0 spiro atoms. The van der Waals surface area contributed by atoms with Gasteiger partial charge in [0.25, 0.3) is 17.7 Å². The number of rotatable bonds is 6. The zero-order valence-corrected chi connectivity index (χ0v) is 24.0. The highest BCUT2D eigenvalue weighted by Gasteiger charge is 2.35. The van der Waals surface area contributed by atoms with Gasteiger partial charge >= 0.3 is 0 Å². The molecule has 1 fully saturated rings. The fourth-order valence-electron chi connectivity index (χ4n) is 5.74. The Bertz CT molecular complexity index is 1800. The lowest BCUT2D eigenvalue weighted by molar-refractivity contribution is 0.0892. The number of hydrogen-bond acceptors (Lipinski definition) is 6. The third kappa shape index (κ3) is 4.62. The van der Waals surface area contributed by atoms with Crippen LogP contribution in [0.25, 0.3) is 10.8 Å². The minimum Gasteiger partial charge on any atom is -0.495 e. The highest BCUT2D eigenvalue weighted by molar-refractivity contribution is 7.89. The third-order valence-electron chi connectivity index (χ3n) is 7.91. The minimum atomic E-state index is -3.89. The largest absolute Gasteiger partial charge is 0.495 e. The summed E-state index contributed by atoms with van der Waals surface area (Å²) in [7, 11) is -2.49. The summed E-state index contributed by atoms with van der Waals surface area (Å²) in [6.45, 7) is 2.30. The Morgan fingerprint density at radius 1 is 0.905 bits per heavy atom. The van der Waals surface area contributed by atoms with Crippen LogP contribution in [-0.4, -0.2) is 50.1 Å². The number of imide groups is 1. The Morgan fingerprint density at radius 2 is 1.57 bits per heavy atom. The van der Waals surface area contributed by atoms with Crippen LogP contribution in [-0.2, 0) is 10.0 Å². The molecule has 4 aromatic rings. The Morgan fingerprint density at radius 3 is 2.19 bits per heavy atom. The third-order valence-corrected chi connectivity index (χ3v) is 9.94. The van der Waals surface area contributed by atoms with Crippen LogP contribution in [0.15, 0.2) is 83.8 Å². The van der Waals surface area contributed by atoms with Crippen molar-refractivity contribution in [3.05, 3.63) is 95.6 Å². The van der Waals surface area contributed by atoms with Crippen LogP contribution in [0.4, 0.5) is 11.4 Å². The molecule has 0 radical (unpaired) electrons. The highest BCUT2D eigenvalue weighted by Crippen LogP contribution is 2.34. The van der Waals surface area contributed by atoms with E-state index in [1.165, 1.54) is 29.6 Å². The van der Waals surface area contributed by atoms with E-state index in [-0.39, 0.29) is 22.3 Å². The van der Waals surface area contributed by atoms with Gasteiger partial charge in [0.05, 0.1) is 12.8 Å². The first-order valence-corrected chi connectivity index (χ1v) is 15.2. The van der Waals surface area contributed by atoms with Gasteiger partial charge in [0.1, 0.15) is 10.6 Å². The van der Waals surface area contributed by atoms with Gasteiger partial charge in [-0.1, -0.05) is 30.7 Å². The van der Waals surface area contributed by atoms with E-state index in [0.717, 1.165) is 29.5 Å². The first-order valence-electron chi connectivity index (χ1n) is 13.7. The molecule has 4 aromatic carbocycles. The van der Waals surface area contributed by atoms with Gasteiger partial charge in [-0.2, -0.15) is 4.31 Å². The van der Waals surface area contributed by atoms with Gasteiger partial charge < -0.3 is 10.1 Å². The van der Waals surface area contributed by atoms with Crippen molar-refractivity contribution in [2.75, 3.05) is 23.9 Å². The van der Waals surface area contributed by atoms with Gasteiger partial charge in [0.2, 0.25) is 10.0 Å². The molecule has 6 rings (SSSR count). The average Bonchev–Trinajstić information content (AvgIpc) is 3.00. The lowest BCUT2D eigenvalue weighted by Crippen LogP contribution is -2.42. The fourth-order valence-corrected chi connectivity index (χ4v) is 7.62. The van der Waals surface area contributed by atoms with Crippen LogP contribution in [0.3, 0.4) is 0 Å². The Balaban J connectivity index is 1.24. The van der Waals surface area contributed by atoms with E-state index >= 15 is 0 Å². The SMILES string of the molecule is COc1ccc(C(=O)Nc2ccc(N3C(=O)c4cccc5cccc(c45)C3=O)cc2)cc1S(=O)(=O)N1CCCC[C@H]1C. The molecule has 0 unspecified atom stereocenters. The van der Waals surface area contributed by atoms with Crippen LogP contribution in [0, 0.1) is 0 Å². The number of amides is 3. The monoisotopic (exact) mass is 583 g/mol. The van der Waals surface area contributed by atoms with Crippen molar-refractivity contribution in [1.82, 2.24) is 4.31 Å². The van der Waals surface area contributed by atoms with Crippen molar-refractivity contribution >= 4 is 49.9 Å². The summed E-state index contributed by atoms with van der Waals surface area (Å²) in [6, 6.07) is 21.2. The molecular weight excluding hydrogens is 554 g/mol. The van der Waals surface area contributed by atoms with E-state index in [0.29, 0.717) is 34.4 Å². The van der Waals surface area contributed by atoms with Crippen LogP contribution in [0.2, 0.25) is 0 Å². The topological polar surface area (TPSA) is 113 Å². The smallest absolute Gasteiger partial charge is 0.265 e. The predicted octanol–water partition coefficient (Wildman–Crippen LogP) is 5.46. The molecule has 3 amide bonds. The standard InChI is InChI=1S/C32H29N3O6S/c1-20-7-3-4-18-34(20)42(39,40)28-19-22(12-17-27(28)41-2)30(36)33-23-13-15-24(16-14-23)35-31(37)25-10-5-8-21-9-6-11-26(29(21)25)32(35)38/h5-6,8-17,19-20H,3-4,7,18H2,1-2H3,(H,33,36)/t20-/m1/s1. The summed E-state index contributed by atoms with van der Waals surface area (Å²) >= 11 is 0. The molecule has 0 bridgehead atoms. The molecule has 9 nitrogen and oxygen atoms in total. The molecule has 214 valence electrons. The maximum absolute atomic E-state index is 13.5. The Labute approximate surface area is 243 Å². The van der Waals surface area contributed by atoms with Crippen LogP contribution in [0.1, 0.15) is 57.3 Å². The minimum absolute atomic E-state index is 0.0563. The number of methoxy groups -OCH3 is 1. The molecule has 0 saturated carbocycles. The number of carbonyl (C=O) groups is 3. The summed E-state index contributed by atoms with van der Waals surface area (Å²) in [4.78, 5) is 40.9. The summed E-state index contributed by atoms with van der Waals surface area (Å²) in [5.41, 5.74) is 1.82. The van der Waals surface area contributed by atoms with E-state index < -0.39 is 27.7 Å². The molecule has 0 aromatic heterocycles. The second kappa shape index (κ2) is 10.7. The van der Waals surface area contributed by atoms with Crippen molar-refractivity contribution in [1.29, 1.82) is 0 Å². The predicted molar refractivity (Wildman–Crippen MR) is 160 cm³/mol. The molecule has 1 saturated heterocycles. The maximum Gasteiger partial charge on any atom is 0.265 e. The lowest BCUT2D eigenvalue weighted by atomic mass is 9.94. The number of ether oxygens (including phenoxy) is 1. The van der Waals surface area contributed by atoms with Gasteiger partial charge in [0.15, 0.2) is 0 Å². The summed E-state index contributed by atoms with van der Waals surface area (Å²) in [6.07, 6.45) is 2.52. The van der Waals surface area contributed by atoms with Crippen molar-refractivity contribution in [2.45, 2.75) is 37.1 Å². The molecule has 2 heterocycles. The first kappa shape index (κ1) is 27.6. The van der Waals surface area contributed by atoms with Gasteiger partial charge in [-0.05, 0) is 79.7 Å². The average molecular weight is 584 g/mol. The first-order chi connectivity index (χ1) is 20.2. The number of sulfonamides is 1. The number of nitrogens with one attached hydrogen (secondary N) is 1. The van der Waals surface area contributed by atoms with E-state index in [2.05, 4.69) is 5.32 Å².